The van der Waals surface area contributed by atoms with E-state index in [2.05, 4.69) is 38.4 Å². The van der Waals surface area contributed by atoms with Crippen molar-refractivity contribution in [1.82, 2.24) is 5.32 Å². The Labute approximate surface area is 158 Å². The first-order valence-corrected chi connectivity index (χ1v) is 9.32. The second-order valence-electron chi connectivity index (χ2n) is 5.56. The van der Waals surface area contributed by atoms with Gasteiger partial charge in [0.05, 0.1) is 10.6 Å². The van der Waals surface area contributed by atoms with Gasteiger partial charge in [-0.15, -0.1) is 0 Å². The minimum atomic E-state index is -0.118. The fraction of sp³-hybridized carbons (Fsp3) is 0. The zero-order valence-corrected chi connectivity index (χ0v) is 15.5. The van der Waals surface area contributed by atoms with Crippen molar-refractivity contribution in [3.8, 4) is 0 Å². The van der Waals surface area contributed by atoms with Crippen LogP contribution in [0.25, 0.3) is 16.8 Å². The van der Waals surface area contributed by atoms with Gasteiger partial charge in [0.15, 0.2) is 5.17 Å². The third-order valence-electron chi connectivity index (χ3n) is 3.78. The van der Waals surface area contributed by atoms with E-state index in [1.807, 2.05) is 60.7 Å². The summed E-state index contributed by atoms with van der Waals surface area (Å²) in [6, 6.07) is 22.0. The van der Waals surface area contributed by atoms with Gasteiger partial charge >= 0.3 is 0 Å². The van der Waals surface area contributed by atoms with Crippen LogP contribution in [0, 0.1) is 0 Å². The molecule has 0 bridgehead atoms. The quantitative estimate of drug-likeness (QED) is 0.569. The SMILES string of the molecule is O=C1NC(=Nc2ccc3ccccc3c2)S/C1=C\c1ccc(Br)cc1. The number of fused-ring (bicyclic) bond motifs is 1. The second-order valence-corrected chi connectivity index (χ2v) is 7.51. The second kappa shape index (κ2) is 6.86. The van der Waals surface area contributed by atoms with Crippen LogP contribution in [0.4, 0.5) is 5.69 Å². The summed E-state index contributed by atoms with van der Waals surface area (Å²) in [5.41, 5.74) is 1.80. The number of benzene rings is 3. The molecule has 0 saturated carbocycles. The number of rotatable bonds is 2. The molecule has 0 spiro atoms. The Morgan fingerprint density at radius 2 is 1.72 bits per heavy atom. The predicted molar refractivity (Wildman–Crippen MR) is 109 cm³/mol. The van der Waals surface area contributed by atoms with Gasteiger partial charge in [-0.2, -0.15) is 0 Å². The highest BCUT2D eigenvalue weighted by Gasteiger charge is 2.23. The van der Waals surface area contributed by atoms with Crippen molar-refractivity contribution < 1.29 is 4.79 Å². The molecule has 1 amide bonds. The maximum atomic E-state index is 12.2. The average Bonchev–Trinajstić information content (AvgIpc) is 2.96. The van der Waals surface area contributed by atoms with E-state index in [0.717, 1.165) is 21.1 Å². The highest BCUT2D eigenvalue weighted by atomic mass is 79.9. The molecule has 0 unspecified atom stereocenters. The van der Waals surface area contributed by atoms with E-state index in [-0.39, 0.29) is 5.91 Å². The molecule has 1 aliphatic rings. The fourth-order valence-corrected chi connectivity index (χ4v) is 3.66. The molecule has 0 atom stereocenters. The monoisotopic (exact) mass is 408 g/mol. The number of amidine groups is 1. The Bertz CT molecular complexity index is 1030. The lowest BCUT2D eigenvalue weighted by atomic mass is 10.1. The Morgan fingerprint density at radius 1 is 0.960 bits per heavy atom. The van der Waals surface area contributed by atoms with Crippen molar-refractivity contribution in [3.05, 3.63) is 81.7 Å². The number of nitrogens with zero attached hydrogens (tertiary/aromatic N) is 1. The van der Waals surface area contributed by atoms with Gasteiger partial charge in [0.1, 0.15) is 0 Å². The van der Waals surface area contributed by atoms with Crippen molar-refractivity contribution in [2.75, 3.05) is 0 Å². The number of carbonyl (C=O) groups is 1. The molecule has 0 radical (unpaired) electrons. The summed E-state index contributed by atoms with van der Waals surface area (Å²) in [7, 11) is 0. The van der Waals surface area contributed by atoms with E-state index in [4.69, 9.17) is 0 Å². The van der Waals surface area contributed by atoms with Crippen LogP contribution in [0.15, 0.2) is 81.1 Å². The van der Waals surface area contributed by atoms with Crippen molar-refractivity contribution in [1.29, 1.82) is 0 Å². The first-order chi connectivity index (χ1) is 12.2. The molecule has 1 saturated heterocycles. The number of aliphatic imine (C=N–C) groups is 1. The summed E-state index contributed by atoms with van der Waals surface area (Å²) in [6.45, 7) is 0. The van der Waals surface area contributed by atoms with Gasteiger partial charge in [0.25, 0.3) is 5.91 Å². The molecule has 4 rings (SSSR count). The summed E-state index contributed by atoms with van der Waals surface area (Å²) in [4.78, 5) is 17.4. The Hall–Kier alpha value is -2.37. The number of halogens is 1. The van der Waals surface area contributed by atoms with Gasteiger partial charge < -0.3 is 5.32 Å². The fourth-order valence-electron chi connectivity index (χ4n) is 2.55. The van der Waals surface area contributed by atoms with Gasteiger partial charge in [-0.1, -0.05) is 58.4 Å². The molecular weight excluding hydrogens is 396 g/mol. The Balaban J connectivity index is 1.60. The molecule has 1 heterocycles. The molecule has 25 heavy (non-hydrogen) atoms. The number of nitrogens with one attached hydrogen (secondary N) is 1. The summed E-state index contributed by atoms with van der Waals surface area (Å²) in [5, 5.41) is 5.73. The molecule has 0 aromatic heterocycles. The highest BCUT2D eigenvalue weighted by Crippen LogP contribution is 2.29. The van der Waals surface area contributed by atoms with Crippen LogP contribution in [0.1, 0.15) is 5.56 Å². The molecule has 1 N–H and O–H groups in total. The van der Waals surface area contributed by atoms with E-state index in [1.165, 1.54) is 17.1 Å². The number of hydrogen-bond donors (Lipinski definition) is 1. The minimum absolute atomic E-state index is 0.118. The van der Waals surface area contributed by atoms with Crippen LogP contribution in [0.5, 0.6) is 0 Å². The van der Waals surface area contributed by atoms with Gasteiger partial charge in [0.2, 0.25) is 0 Å². The molecule has 5 heteroatoms. The first kappa shape index (κ1) is 16.1. The summed E-state index contributed by atoms with van der Waals surface area (Å²) in [6.07, 6.45) is 1.87. The normalized spacial score (nSPS) is 17.4. The maximum absolute atomic E-state index is 12.2. The molecule has 0 aliphatic carbocycles. The number of hydrogen-bond acceptors (Lipinski definition) is 3. The van der Waals surface area contributed by atoms with Crippen molar-refractivity contribution in [2.24, 2.45) is 4.99 Å². The lowest BCUT2D eigenvalue weighted by Gasteiger charge is -2.00. The minimum Gasteiger partial charge on any atom is -0.300 e. The molecule has 3 nitrogen and oxygen atoms in total. The number of thioether (sulfide) groups is 1. The average molecular weight is 409 g/mol. The van der Waals surface area contributed by atoms with Gasteiger partial charge in [-0.05, 0) is 58.4 Å². The summed E-state index contributed by atoms with van der Waals surface area (Å²) < 4.78 is 1.01. The molecule has 3 aromatic carbocycles. The first-order valence-electron chi connectivity index (χ1n) is 7.71. The Morgan fingerprint density at radius 3 is 2.52 bits per heavy atom. The van der Waals surface area contributed by atoms with E-state index in [0.29, 0.717) is 10.1 Å². The zero-order chi connectivity index (χ0) is 17.2. The van der Waals surface area contributed by atoms with Crippen LogP contribution >= 0.6 is 27.7 Å². The van der Waals surface area contributed by atoms with E-state index in [1.54, 1.807) is 0 Å². The molecular formula is C20H13BrN2OS. The number of carbonyl (C=O) groups excluding carboxylic acids is 1. The van der Waals surface area contributed by atoms with Crippen LogP contribution < -0.4 is 5.32 Å². The van der Waals surface area contributed by atoms with Crippen LogP contribution in [0.2, 0.25) is 0 Å². The standard InChI is InChI=1S/C20H13BrN2OS/c21-16-8-5-13(6-9-16)11-18-19(24)23-20(25-18)22-17-10-7-14-3-1-2-4-15(14)12-17/h1-12H,(H,22,23,24)/b18-11-. The third kappa shape index (κ3) is 3.67. The van der Waals surface area contributed by atoms with E-state index >= 15 is 0 Å². The smallest absolute Gasteiger partial charge is 0.264 e. The lowest BCUT2D eigenvalue weighted by molar-refractivity contribution is -0.115. The van der Waals surface area contributed by atoms with Gasteiger partial charge in [-0.3, -0.25) is 4.79 Å². The molecule has 1 aliphatic heterocycles. The van der Waals surface area contributed by atoms with Crippen LogP contribution in [-0.4, -0.2) is 11.1 Å². The topological polar surface area (TPSA) is 41.5 Å². The van der Waals surface area contributed by atoms with E-state index in [9.17, 15) is 4.79 Å². The van der Waals surface area contributed by atoms with Crippen molar-refractivity contribution in [3.63, 3.8) is 0 Å². The maximum Gasteiger partial charge on any atom is 0.264 e. The third-order valence-corrected chi connectivity index (χ3v) is 5.22. The van der Waals surface area contributed by atoms with Crippen molar-refractivity contribution >= 4 is 61.3 Å². The predicted octanol–water partition coefficient (Wildman–Crippen LogP) is 5.49. The van der Waals surface area contributed by atoms with Crippen molar-refractivity contribution in [2.45, 2.75) is 0 Å². The molecule has 122 valence electrons. The van der Waals surface area contributed by atoms with Crippen LogP contribution in [-0.2, 0) is 4.79 Å². The largest absolute Gasteiger partial charge is 0.300 e. The molecule has 1 fully saturated rings. The van der Waals surface area contributed by atoms with Gasteiger partial charge in [-0.25, -0.2) is 4.99 Å². The lowest BCUT2D eigenvalue weighted by Crippen LogP contribution is -2.19. The van der Waals surface area contributed by atoms with Crippen LogP contribution in [0.3, 0.4) is 0 Å². The zero-order valence-electron chi connectivity index (χ0n) is 13.1. The van der Waals surface area contributed by atoms with E-state index < -0.39 is 0 Å². The summed E-state index contributed by atoms with van der Waals surface area (Å²) >= 11 is 4.77. The van der Waals surface area contributed by atoms with Gasteiger partial charge in [0, 0.05) is 4.47 Å². The highest BCUT2D eigenvalue weighted by molar-refractivity contribution is 9.10. The summed E-state index contributed by atoms with van der Waals surface area (Å²) in [5.74, 6) is -0.118. The number of amides is 1. The Kier molecular flexibility index (Phi) is 4.42. The molecule has 3 aromatic rings.